The lowest BCUT2D eigenvalue weighted by atomic mass is 10.2. The van der Waals surface area contributed by atoms with E-state index in [1.54, 1.807) is 37.5 Å². The minimum atomic E-state index is -0.263. The number of nitrogens with one attached hydrogen (secondary N) is 1. The molecule has 0 spiro atoms. The molecule has 0 aliphatic carbocycles. The maximum Gasteiger partial charge on any atom is 0.248 e. The summed E-state index contributed by atoms with van der Waals surface area (Å²) in [6.45, 7) is 0. The van der Waals surface area contributed by atoms with Gasteiger partial charge in [0.2, 0.25) is 5.91 Å². The number of anilines is 1. The van der Waals surface area contributed by atoms with E-state index in [4.69, 9.17) is 16.3 Å². The summed E-state index contributed by atoms with van der Waals surface area (Å²) in [4.78, 5) is 13.9. The molecule has 0 saturated carbocycles. The zero-order valence-electron chi connectivity index (χ0n) is 15.8. The van der Waals surface area contributed by atoms with Crippen molar-refractivity contribution in [3.05, 3.63) is 81.8 Å². The maximum absolute atomic E-state index is 12.4. The van der Waals surface area contributed by atoms with Gasteiger partial charge in [0.05, 0.1) is 12.8 Å². The fraction of sp³-hybridized carbons (Fsp3) is 0.0455. The molecule has 4 aromatic rings. The number of hydrogen-bond acceptors (Lipinski definition) is 4. The fourth-order valence-electron chi connectivity index (χ4n) is 2.87. The van der Waals surface area contributed by atoms with Crippen LogP contribution in [0.2, 0.25) is 5.02 Å². The summed E-state index contributed by atoms with van der Waals surface area (Å²) in [5, 5.41) is 12.4. The van der Waals surface area contributed by atoms with Crippen LogP contribution in [0.3, 0.4) is 0 Å². The Morgan fingerprint density at radius 1 is 1.07 bits per heavy atom. The zero-order chi connectivity index (χ0) is 21.1. The van der Waals surface area contributed by atoms with Crippen LogP contribution in [0.15, 0.2) is 71.2 Å². The Hall–Kier alpha value is -3.16. The van der Waals surface area contributed by atoms with E-state index in [9.17, 15) is 4.79 Å². The van der Waals surface area contributed by atoms with Crippen molar-refractivity contribution in [3.8, 4) is 11.4 Å². The molecule has 1 amide bonds. The first kappa shape index (κ1) is 20.1. The third-order valence-electron chi connectivity index (χ3n) is 4.31. The normalized spacial score (nSPS) is 11.2. The highest BCUT2D eigenvalue weighted by molar-refractivity contribution is 9.10. The van der Waals surface area contributed by atoms with Gasteiger partial charge in [-0.3, -0.25) is 4.79 Å². The lowest BCUT2D eigenvalue weighted by Gasteiger charge is -2.05. The number of methoxy groups -OCH3 is 1. The minimum absolute atomic E-state index is 0.263. The first-order chi connectivity index (χ1) is 14.5. The Bertz CT molecular complexity index is 1250. The summed E-state index contributed by atoms with van der Waals surface area (Å²) in [5.41, 5.74) is 3.61. The molecule has 8 heteroatoms. The van der Waals surface area contributed by atoms with Gasteiger partial charge in [0.15, 0.2) is 0 Å². The second-order valence-corrected chi connectivity index (χ2v) is 7.73. The first-order valence-corrected chi connectivity index (χ1v) is 10.1. The molecule has 6 nitrogen and oxygen atoms in total. The van der Waals surface area contributed by atoms with Crippen LogP contribution in [0.4, 0.5) is 5.69 Å². The average molecular weight is 484 g/mol. The molecule has 0 bridgehead atoms. The van der Waals surface area contributed by atoms with Crippen molar-refractivity contribution in [1.29, 1.82) is 0 Å². The highest BCUT2D eigenvalue weighted by Gasteiger charge is 2.07. The van der Waals surface area contributed by atoms with Gasteiger partial charge in [-0.2, -0.15) is 4.80 Å². The molecular formula is C22H16BrClN4O2. The standard InChI is InChI=1S/C22H16BrClN4O2/c1-30-21-10-3-15(23)12-14(21)2-11-22(29)25-17-6-9-19-20(13-17)27-28(26-19)18-7-4-16(24)5-8-18/h2-13H,1H3,(H,25,29)/b11-2+. The van der Waals surface area contributed by atoms with E-state index in [1.165, 1.54) is 10.9 Å². The van der Waals surface area contributed by atoms with Gasteiger partial charge in [-0.1, -0.05) is 27.5 Å². The van der Waals surface area contributed by atoms with Crippen molar-refractivity contribution >= 4 is 56.2 Å². The number of aromatic nitrogens is 3. The molecule has 0 fully saturated rings. The Morgan fingerprint density at radius 2 is 1.83 bits per heavy atom. The van der Waals surface area contributed by atoms with Crippen LogP contribution in [0.1, 0.15) is 5.56 Å². The molecule has 150 valence electrons. The monoisotopic (exact) mass is 482 g/mol. The van der Waals surface area contributed by atoms with E-state index in [0.29, 0.717) is 22.0 Å². The second kappa shape index (κ2) is 8.69. The Morgan fingerprint density at radius 3 is 2.60 bits per heavy atom. The van der Waals surface area contributed by atoms with Crippen molar-refractivity contribution in [2.24, 2.45) is 0 Å². The number of carbonyl (C=O) groups is 1. The van der Waals surface area contributed by atoms with Crippen molar-refractivity contribution in [2.45, 2.75) is 0 Å². The highest BCUT2D eigenvalue weighted by Crippen LogP contribution is 2.24. The topological polar surface area (TPSA) is 69.0 Å². The van der Waals surface area contributed by atoms with E-state index in [-0.39, 0.29) is 5.91 Å². The molecule has 0 atom stereocenters. The number of benzene rings is 3. The van der Waals surface area contributed by atoms with Gasteiger partial charge >= 0.3 is 0 Å². The number of amides is 1. The Kier molecular flexibility index (Phi) is 5.83. The molecule has 4 rings (SSSR count). The number of fused-ring (bicyclic) bond motifs is 1. The first-order valence-electron chi connectivity index (χ1n) is 8.97. The number of hydrogen-bond donors (Lipinski definition) is 1. The van der Waals surface area contributed by atoms with Crippen LogP contribution in [0.5, 0.6) is 5.75 Å². The molecule has 30 heavy (non-hydrogen) atoms. The summed E-state index contributed by atoms with van der Waals surface area (Å²) in [5.74, 6) is 0.420. The predicted octanol–water partition coefficient (Wildman–Crippen LogP) is 5.50. The Labute approximate surface area is 186 Å². The van der Waals surface area contributed by atoms with Gasteiger partial charge in [-0.15, -0.1) is 10.2 Å². The molecule has 1 aromatic heterocycles. The molecule has 0 unspecified atom stereocenters. The lowest BCUT2D eigenvalue weighted by Crippen LogP contribution is -2.07. The van der Waals surface area contributed by atoms with Gasteiger partial charge in [-0.25, -0.2) is 0 Å². The minimum Gasteiger partial charge on any atom is -0.496 e. The van der Waals surface area contributed by atoms with Crippen LogP contribution in [-0.2, 0) is 4.79 Å². The third-order valence-corrected chi connectivity index (χ3v) is 5.06. The van der Waals surface area contributed by atoms with Crippen LogP contribution in [0.25, 0.3) is 22.8 Å². The van der Waals surface area contributed by atoms with E-state index < -0.39 is 0 Å². The van der Waals surface area contributed by atoms with E-state index >= 15 is 0 Å². The summed E-state index contributed by atoms with van der Waals surface area (Å²) in [7, 11) is 1.59. The molecule has 0 radical (unpaired) electrons. The number of rotatable bonds is 5. The van der Waals surface area contributed by atoms with Crippen molar-refractivity contribution in [1.82, 2.24) is 15.0 Å². The Balaban J connectivity index is 1.52. The summed E-state index contributed by atoms with van der Waals surface area (Å²) >= 11 is 9.35. The predicted molar refractivity (Wildman–Crippen MR) is 122 cm³/mol. The van der Waals surface area contributed by atoms with Gasteiger partial charge < -0.3 is 10.1 Å². The molecule has 0 saturated heterocycles. The largest absolute Gasteiger partial charge is 0.496 e. The van der Waals surface area contributed by atoms with Gasteiger partial charge in [0.25, 0.3) is 0 Å². The van der Waals surface area contributed by atoms with Gasteiger partial charge in [0.1, 0.15) is 16.8 Å². The lowest BCUT2D eigenvalue weighted by molar-refractivity contribution is -0.111. The molecular weight excluding hydrogens is 468 g/mol. The quantitative estimate of drug-likeness (QED) is 0.381. The van der Waals surface area contributed by atoms with Gasteiger partial charge in [0, 0.05) is 26.8 Å². The van der Waals surface area contributed by atoms with Crippen LogP contribution in [-0.4, -0.2) is 28.0 Å². The smallest absolute Gasteiger partial charge is 0.248 e. The molecule has 1 N–H and O–H groups in total. The average Bonchev–Trinajstić information content (AvgIpc) is 3.16. The summed E-state index contributed by atoms with van der Waals surface area (Å²) in [6, 6.07) is 18.2. The van der Waals surface area contributed by atoms with Crippen LogP contribution in [0, 0.1) is 0 Å². The van der Waals surface area contributed by atoms with E-state index in [0.717, 1.165) is 21.2 Å². The zero-order valence-corrected chi connectivity index (χ0v) is 18.2. The van der Waals surface area contributed by atoms with Crippen molar-refractivity contribution < 1.29 is 9.53 Å². The van der Waals surface area contributed by atoms with Crippen LogP contribution >= 0.6 is 27.5 Å². The summed E-state index contributed by atoms with van der Waals surface area (Å²) < 4.78 is 6.22. The highest BCUT2D eigenvalue weighted by atomic mass is 79.9. The van der Waals surface area contributed by atoms with Crippen molar-refractivity contribution in [3.63, 3.8) is 0 Å². The maximum atomic E-state index is 12.4. The van der Waals surface area contributed by atoms with Crippen LogP contribution < -0.4 is 10.1 Å². The summed E-state index contributed by atoms with van der Waals surface area (Å²) in [6.07, 6.45) is 3.16. The van der Waals surface area contributed by atoms with Crippen molar-refractivity contribution in [2.75, 3.05) is 12.4 Å². The number of ether oxygens (including phenoxy) is 1. The van der Waals surface area contributed by atoms with E-state index in [2.05, 4.69) is 31.4 Å². The van der Waals surface area contributed by atoms with Gasteiger partial charge in [-0.05, 0) is 66.7 Å². The third kappa shape index (κ3) is 4.53. The number of carbonyl (C=O) groups excluding carboxylic acids is 1. The molecule has 0 aliphatic heterocycles. The number of halogens is 2. The SMILES string of the molecule is COc1ccc(Br)cc1/C=C/C(=O)Nc1ccc2nn(-c3ccc(Cl)cc3)nc2c1. The fourth-order valence-corrected chi connectivity index (χ4v) is 3.37. The van der Waals surface area contributed by atoms with E-state index in [1.807, 2.05) is 36.4 Å². The molecule has 0 aliphatic rings. The number of nitrogens with zero attached hydrogens (tertiary/aromatic N) is 3. The second-order valence-electron chi connectivity index (χ2n) is 6.38. The molecule has 3 aromatic carbocycles. The molecule has 1 heterocycles.